The summed E-state index contributed by atoms with van der Waals surface area (Å²) in [7, 11) is 0. The molecule has 2 aromatic heterocycles. The highest BCUT2D eigenvalue weighted by atomic mass is 32.1. The molecule has 0 saturated heterocycles. The van der Waals surface area contributed by atoms with Crippen LogP contribution in [-0.4, -0.2) is 28.0 Å². The minimum Gasteiger partial charge on any atom is -0.462 e. The molecule has 0 aliphatic carbocycles. The van der Waals surface area contributed by atoms with Gasteiger partial charge < -0.3 is 10.1 Å². The van der Waals surface area contributed by atoms with Crippen LogP contribution in [0.3, 0.4) is 0 Å². The smallest absolute Gasteiger partial charge is 0.348 e. The predicted molar refractivity (Wildman–Crippen MR) is 96.4 cm³/mol. The summed E-state index contributed by atoms with van der Waals surface area (Å²) >= 11 is 1.31. The Balaban J connectivity index is 2.26. The number of carbonyl (C=O) groups is 2. The second-order valence-electron chi connectivity index (χ2n) is 5.66. The zero-order valence-electron chi connectivity index (χ0n) is 14.9. The number of rotatable bonds is 5. The first-order chi connectivity index (χ1) is 11.7. The molecule has 25 heavy (non-hydrogen) atoms. The molecular formula is C17H21N3O4S. The zero-order valence-corrected chi connectivity index (χ0v) is 15.7. The second kappa shape index (κ2) is 7.60. The van der Waals surface area contributed by atoms with E-state index in [0.717, 1.165) is 10.4 Å². The van der Waals surface area contributed by atoms with E-state index in [9.17, 15) is 14.4 Å². The Morgan fingerprint density at radius 1 is 1.28 bits per heavy atom. The van der Waals surface area contributed by atoms with E-state index in [0.29, 0.717) is 22.0 Å². The van der Waals surface area contributed by atoms with Crippen molar-refractivity contribution in [2.24, 2.45) is 0 Å². The summed E-state index contributed by atoms with van der Waals surface area (Å²) < 4.78 is 6.36. The number of aromatic nitrogens is 2. The summed E-state index contributed by atoms with van der Waals surface area (Å²) in [6, 6.07) is 1.73. The molecule has 0 spiro atoms. The first-order valence-electron chi connectivity index (χ1n) is 7.86. The van der Waals surface area contributed by atoms with E-state index in [4.69, 9.17) is 4.74 Å². The van der Waals surface area contributed by atoms with Gasteiger partial charge in [-0.2, -0.15) is 4.98 Å². The highest BCUT2D eigenvalue weighted by molar-refractivity contribution is 7.16. The molecule has 0 fully saturated rings. The highest BCUT2D eigenvalue weighted by Crippen LogP contribution is 2.33. The molecule has 0 bridgehead atoms. The van der Waals surface area contributed by atoms with Crippen molar-refractivity contribution >= 4 is 28.2 Å². The molecule has 2 aromatic rings. The fraction of sp³-hybridized carbons (Fsp3) is 0.412. The zero-order chi connectivity index (χ0) is 18.7. The van der Waals surface area contributed by atoms with Gasteiger partial charge in [0.15, 0.2) is 0 Å². The van der Waals surface area contributed by atoms with Crippen molar-refractivity contribution < 1.29 is 14.3 Å². The standard InChI is InChI=1S/C17H21N3O4S/c1-6-24-16(22)14-11(4)12(5)25-15(14)19-13(21)8-20-10(3)7-9(2)18-17(20)23/h7H,6,8H2,1-5H3,(H,19,21). The normalized spacial score (nSPS) is 10.6. The van der Waals surface area contributed by atoms with Crippen LogP contribution < -0.4 is 11.0 Å². The molecule has 0 saturated carbocycles. The lowest BCUT2D eigenvalue weighted by Crippen LogP contribution is -2.31. The lowest BCUT2D eigenvalue weighted by atomic mass is 10.1. The van der Waals surface area contributed by atoms with Gasteiger partial charge in [-0.15, -0.1) is 11.3 Å². The number of carbonyl (C=O) groups excluding carboxylic acids is 2. The van der Waals surface area contributed by atoms with E-state index in [2.05, 4.69) is 10.3 Å². The van der Waals surface area contributed by atoms with E-state index in [1.165, 1.54) is 15.9 Å². The van der Waals surface area contributed by atoms with Gasteiger partial charge in [0.1, 0.15) is 11.5 Å². The molecular weight excluding hydrogens is 342 g/mol. The highest BCUT2D eigenvalue weighted by Gasteiger charge is 2.22. The molecule has 7 nitrogen and oxygen atoms in total. The summed E-state index contributed by atoms with van der Waals surface area (Å²) in [5.74, 6) is -0.868. The molecule has 2 heterocycles. The number of aryl methyl sites for hydroxylation is 3. The Morgan fingerprint density at radius 2 is 1.96 bits per heavy atom. The van der Waals surface area contributed by atoms with Crippen molar-refractivity contribution in [1.82, 2.24) is 9.55 Å². The molecule has 134 valence electrons. The van der Waals surface area contributed by atoms with Gasteiger partial charge in [-0.05, 0) is 46.2 Å². The molecule has 2 rings (SSSR count). The van der Waals surface area contributed by atoms with Crippen molar-refractivity contribution in [2.45, 2.75) is 41.2 Å². The fourth-order valence-corrected chi connectivity index (χ4v) is 3.51. The average Bonchev–Trinajstić information content (AvgIpc) is 2.77. The van der Waals surface area contributed by atoms with Crippen LogP contribution in [0.4, 0.5) is 5.00 Å². The van der Waals surface area contributed by atoms with Crippen molar-refractivity contribution in [2.75, 3.05) is 11.9 Å². The summed E-state index contributed by atoms with van der Waals surface area (Å²) in [6.07, 6.45) is 0. The number of hydrogen-bond donors (Lipinski definition) is 1. The third-order valence-corrected chi connectivity index (χ3v) is 4.89. The number of ether oxygens (including phenoxy) is 1. The minimum atomic E-state index is -0.475. The monoisotopic (exact) mass is 363 g/mol. The first kappa shape index (κ1) is 18.9. The fourth-order valence-electron chi connectivity index (χ4n) is 2.44. The largest absolute Gasteiger partial charge is 0.462 e. The molecule has 8 heteroatoms. The van der Waals surface area contributed by atoms with Crippen LogP contribution >= 0.6 is 11.3 Å². The summed E-state index contributed by atoms with van der Waals surface area (Å²) in [4.78, 5) is 41.3. The van der Waals surface area contributed by atoms with Crippen LogP contribution in [0.5, 0.6) is 0 Å². The SMILES string of the molecule is CCOC(=O)c1c(NC(=O)Cn2c(C)cc(C)nc2=O)sc(C)c1C. The molecule has 1 amide bonds. The maximum absolute atomic E-state index is 12.4. The molecule has 0 atom stereocenters. The minimum absolute atomic E-state index is 0.170. The lowest BCUT2D eigenvalue weighted by molar-refractivity contribution is -0.116. The summed E-state index contributed by atoms with van der Waals surface area (Å²) in [6.45, 7) is 8.96. The van der Waals surface area contributed by atoms with E-state index in [-0.39, 0.29) is 13.2 Å². The third-order valence-electron chi connectivity index (χ3n) is 3.77. The number of amides is 1. The molecule has 0 aliphatic heterocycles. The van der Waals surface area contributed by atoms with Crippen molar-refractivity contribution in [3.63, 3.8) is 0 Å². The van der Waals surface area contributed by atoms with Gasteiger partial charge in [0.2, 0.25) is 5.91 Å². The maximum Gasteiger partial charge on any atom is 0.348 e. The third kappa shape index (κ3) is 4.14. The van der Waals surface area contributed by atoms with E-state index < -0.39 is 17.6 Å². The Labute approximate surface area is 149 Å². The Kier molecular flexibility index (Phi) is 5.73. The number of nitrogens with zero attached hydrogens (tertiary/aromatic N) is 2. The van der Waals surface area contributed by atoms with Gasteiger partial charge in [0, 0.05) is 16.3 Å². The number of esters is 1. The molecule has 0 unspecified atom stereocenters. The number of nitrogens with one attached hydrogen (secondary N) is 1. The van der Waals surface area contributed by atoms with Crippen LogP contribution in [0.15, 0.2) is 10.9 Å². The van der Waals surface area contributed by atoms with E-state index in [1.807, 2.05) is 13.8 Å². The van der Waals surface area contributed by atoms with Gasteiger partial charge in [-0.1, -0.05) is 0 Å². The Bertz CT molecular complexity index is 883. The second-order valence-corrected chi connectivity index (χ2v) is 6.89. The maximum atomic E-state index is 12.4. The summed E-state index contributed by atoms with van der Waals surface area (Å²) in [5.41, 5.74) is 1.93. The van der Waals surface area contributed by atoms with E-state index in [1.54, 1.807) is 26.8 Å². The van der Waals surface area contributed by atoms with Gasteiger partial charge in [0.25, 0.3) is 0 Å². The van der Waals surface area contributed by atoms with Crippen LogP contribution in [0.25, 0.3) is 0 Å². The number of hydrogen-bond acceptors (Lipinski definition) is 6. The van der Waals surface area contributed by atoms with E-state index >= 15 is 0 Å². The molecule has 0 aromatic carbocycles. The number of anilines is 1. The van der Waals surface area contributed by atoms with Crippen LogP contribution in [0.1, 0.15) is 39.1 Å². The van der Waals surface area contributed by atoms with Crippen LogP contribution in [-0.2, 0) is 16.1 Å². The first-order valence-corrected chi connectivity index (χ1v) is 8.68. The topological polar surface area (TPSA) is 90.3 Å². The quantitative estimate of drug-likeness (QED) is 0.824. The Hall–Kier alpha value is -2.48. The van der Waals surface area contributed by atoms with Crippen LogP contribution in [0.2, 0.25) is 0 Å². The van der Waals surface area contributed by atoms with Crippen molar-refractivity contribution in [1.29, 1.82) is 0 Å². The van der Waals surface area contributed by atoms with Gasteiger partial charge in [-0.3, -0.25) is 9.36 Å². The van der Waals surface area contributed by atoms with Crippen molar-refractivity contribution in [3.8, 4) is 0 Å². The molecule has 0 aliphatic rings. The Morgan fingerprint density at radius 3 is 2.56 bits per heavy atom. The molecule has 1 N–H and O–H groups in total. The average molecular weight is 363 g/mol. The van der Waals surface area contributed by atoms with Gasteiger partial charge in [-0.25, -0.2) is 9.59 Å². The summed E-state index contributed by atoms with van der Waals surface area (Å²) in [5, 5.41) is 3.15. The number of thiophene rings is 1. The lowest BCUT2D eigenvalue weighted by Gasteiger charge is -2.10. The van der Waals surface area contributed by atoms with Gasteiger partial charge >= 0.3 is 11.7 Å². The molecule has 0 radical (unpaired) electrons. The predicted octanol–water partition coefficient (Wildman–Crippen LogP) is 2.35. The van der Waals surface area contributed by atoms with Crippen molar-refractivity contribution in [3.05, 3.63) is 43.9 Å². The van der Waals surface area contributed by atoms with Gasteiger partial charge in [0.05, 0.1) is 12.2 Å². The van der Waals surface area contributed by atoms with Crippen LogP contribution in [0, 0.1) is 27.7 Å².